The molecule has 0 bridgehead atoms. The van der Waals surface area contributed by atoms with E-state index in [1.165, 1.54) is 10.8 Å². The molecule has 0 saturated heterocycles. The Hall–Kier alpha value is -3.03. The Morgan fingerprint density at radius 3 is 2.10 bits per heavy atom. The van der Waals surface area contributed by atoms with Gasteiger partial charge in [0.25, 0.3) is 0 Å². The van der Waals surface area contributed by atoms with Gasteiger partial charge < -0.3 is 4.42 Å². The fourth-order valence-corrected chi connectivity index (χ4v) is 2.25. The van der Waals surface area contributed by atoms with E-state index < -0.39 is 5.76 Å². The van der Waals surface area contributed by atoms with E-state index in [0.29, 0.717) is 11.5 Å². The van der Waals surface area contributed by atoms with Crippen molar-refractivity contribution in [3.8, 4) is 22.6 Å². The smallest absolute Gasteiger partial charge is 0.407 e. The molecule has 0 spiro atoms. The quantitative estimate of drug-likeness (QED) is 0.676. The van der Waals surface area contributed by atoms with Gasteiger partial charge in [-0.05, 0) is 0 Å². The van der Waals surface area contributed by atoms with Crippen molar-refractivity contribution in [3.63, 3.8) is 0 Å². The maximum Gasteiger partial charge on any atom is 0.424 e. The van der Waals surface area contributed by atoms with Crippen LogP contribution in [0.4, 0.5) is 0 Å². The number of oxazole rings is 1. The summed E-state index contributed by atoms with van der Waals surface area (Å²) in [6, 6.07) is 19.2. The van der Waals surface area contributed by atoms with Crippen molar-refractivity contribution < 1.29 is 4.42 Å². The van der Waals surface area contributed by atoms with Crippen molar-refractivity contribution in [1.82, 2.24) is 4.57 Å². The minimum absolute atomic E-state index is 0.455. The molecule has 1 aromatic heterocycles. The normalized spacial score (nSPS) is 10.1. The lowest BCUT2D eigenvalue weighted by Gasteiger charge is -2.04. The van der Waals surface area contributed by atoms with Crippen molar-refractivity contribution in [2.24, 2.45) is 0 Å². The molecule has 0 amide bonds. The summed E-state index contributed by atoms with van der Waals surface area (Å²) < 4.78 is 6.87. The fourth-order valence-electron chi connectivity index (χ4n) is 2.25. The zero-order valence-electron chi connectivity index (χ0n) is 11.3. The Morgan fingerprint density at radius 1 is 0.952 bits per heavy atom. The third-order valence-electron chi connectivity index (χ3n) is 3.15. The van der Waals surface area contributed by atoms with Crippen molar-refractivity contribution in [1.29, 1.82) is 0 Å². The first-order valence-corrected chi connectivity index (χ1v) is 6.53. The highest BCUT2D eigenvalue weighted by Crippen LogP contribution is 2.31. The van der Waals surface area contributed by atoms with E-state index in [1.807, 2.05) is 60.7 Å². The molecule has 0 aliphatic carbocycles. The number of hydrogen-bond acceptors (Lipinski definition) is 2. The first-order chi connectivity index (χ1) is 10.3. The molecule has 2 aromatic carbocycles. The molecule has 0 aliphatic rings. The molecule has 3 rings (SSSR count). The molecular formula is C18H13NO2. The van der Waals surface area contributed by atoms with Crippen LogP contribution in [-0.4, -0.2) is 4.57 Å². The molecule has 0 N–H and O–H groups in total. The van der Waals surface area contributed by atoms with Gasteiger partial charge in [-0.3, -0.25) is 0 Å². The Bertz CT molecular complexity index is 851. The fraction of sp³-hybridized carbons (Fsp3) is 0. The first kappa shape index (κ1) is 13.0. The highest BCUT2D eigenvalue weighted by molar-refractivity contribution is 5.78. The molecule has 3 nitrogen and oxygen atoms in total. The third kappa shape index (κ3) is 2.38. The minimum atomic E-state index is -0.455. The molecule has 0 radical (unpaired) electrons. The predicted octanol–water partition coefficient (Wildman–Crippen LogP) is 4.03. The second-order valence-electron chi connectivity index (χ2n) is 4.48. The standard InChI is InChI=1S/C18H13NO2/c1-2-13-19-16(14-9-5-3-6-10-14)17(21-18(19)20)15-11-7-4-8-12-15/h3-13H,1H2. The average Bonchev–Trinajstić information content (AvgIpc) is 2.86. The van der Waals surface area contributed by atoms with Crippen LogP contribution >= 0.6 is 0 Å². The molecule has 0 unspecified atom stereocenters. The Kier molecular flexibility index (Phi) is 3.42. The van der Waals surface area contributed by atoms with Crippen molar-refractivity contribution in [2.45, 2.75) is 0 Å². The molecule has 0 aliphatic heterocycles. The number of nitrogens with zero attached hydrogens (tertiary/aromatic N) is 1. The lowest BCUT2D eigenvalue weighted by molar-refractivity contribution is 0.519. The molecule has 0 saturated carbocycles. The summed E-state index contributed by atoms with van der Waals surface area (Å²) in [5.41, 5.74) is 5.07. The monoisotopic (exact) mass is 275 g/mol. The Labute approximate surface area is 122 Å². The number of hydrogen-bond donors (Lipinski definition) is 0. The minimum Gasteiger partial charge on any atom is -0.407 e. The SMILES string of the molecule is C=C=Cn1c(-c2ccccc2)c(-c2ccccc2)oc1=O. The van der Waals surface area contributed by atoms with Crippen LogP contribution in [0.2, 0.25) is 0 Å². The van der Waals surface area contributed by atoms with Crippen LogP contribution < -0.4 is 5.76 Å². The molecular weight excluding hydrogens is 262 g/mol. The molecule has 21 heavy (non-hydrogen) atoms. The van der Waals surface area contributed by atoms with Crippen molar-refractivity contribution >= 4 is 6.20 Å². The van der Waals surface area contributed by atoms with E-state index in [-0.39, 0.29) is 0 Å². The van der Waals surface area contributed by atoms with Gasteiger partial charge in [-0.25, -0.2) is 9.36 Å². The second-order valence-corrected chi connectivity index (χ2v) is 4.48. The van der Waals surface area contributed by atoms with Crippen LogP contribution in [0.15, 0.2) is 82.2 Å². The third-order valence-corrected chi connectivity index (χ3v) is 3.15. The van der Waals surface area contributed by atoms with E-state index >= 15 is 0 Å². The van der Waals surface area contributed by atoms with Crippen LogP contribution in [-0.2, 0) is 0 Å². The lowest BCUT2D eigenvalue weighted by Crippen LogP contribution is -2.08. The van der Waals surface area contributed by atoms with Gasteiger partial charge >= 0.3 is 5.76 Å². The van der Waals surface area contributed by atoms with E-state index in [2.05, 4.69) is 12.3 Å². The number of benzene rings is 2. The van der Waals surface area contributed by atoms with Crippen LogP contribution in [0.5, 0.6) is 0 Å². The maximum absolute atomic E-state index is 12.1. The van der Waals surface area contributed by atoms with Gasteiger partial charge in [0.1, 0.15) is 5.69 Å². The van der Waals surface area contributed by atoms with Gasteiger partial charge in [0.15, 0.2) is 5.76 Å². The highest BCUT2D eigenvalue weighted by atomic mass is 16.4. The largest absolute Gasteiger partial charge is 0.424 e. The molecule has 102 valence electrons. The predicted molar refractivity (Wildman–Crippen MR) is 83.7 cm³/mol. The summed E-state index contributed by atoms with van der Waals surface area (Å²) in [7, 11) is 0. The van der Waals surface area contributed by atoms with E-state index in [1.54, 1.807) is 0 Å². The first-order valence-electron chi connectivity index (χ1n) is 6.53. The van der Waals surface area contributed by atoms with Crippen LogP contribution in [0.3, 0.4) is 0 Å². The van der Waals surface area contributed by atoms with Crippen molar-refractivity contribution in [3.05, 3.63) is 83.5 Å². The summed E-state index contributed by atoms with van der Waals surface area (Å²) in [5.74, 6) is 0.0853. The maximum atomic E-state index is 12.1. The summed E-state index contributed by atoms with van der Waals surface area (Å²) in [6.45, 7) is 3.53. The van der Waals surface area contributed by atoms with Gasteiger partial charge in [0.2, 0.25) is 0 Å². The molecule has 3 aromatic rings. The Balaban J connectivity index is 2.34. The zero-order valence-corrected chi connectivity index (χ0v) is 11.3. The van der Waals surface area contributed by atoms with E-state index in [0.717, 1.165) is 11.1 Å². The van der Waals surface area contributed by atoms with E-state index in [4.69, 9.17) is 4.42 Å². The summed E-state index contributed by atoms with van der Waals surface area (Å²) in [6.07, 6.45) is 1.49. The van der Waals surface area contributed by atoms with Gasteiger partial charge in [0.05, 0.1) is 6.20 Å². The zero-order chi connectivity index (χ0) is 14.7. The van der Waals surface area contributed by atoms with Crippen LogP contribution in [0.1, 0.15) is 0 Å². The number of rotatable bonds is 3. The summed E-state index contributed by atoms with van der Waals surface area (Å²) >= 11 is 0. The second kappa shape index (κ2) is 5.53. The Morgan fingerprint density at radius 2 is 1.52 bits per heavy atom. The van der Waals surface area contributed by atoms with Gasteiger partial charge in [-0.2, -0.15) is 0 Å². The molecule has 1 heterocycles. The summed E-state index contributed by atoms with van der Waals surface area (Å²) in [5, 5.41) is 0. The van der Waals surface area contributed by atoms with Gasteiger partial charge in [-0.15, -0.1) is 5.73 Å². The van der Waals surface area contributed by atoms with Crippen molar-refractivity contribution in [2.75, 3.05) is 0 Å². The average molecular weight is 275 g/mol. The van der Waals surface area contributed by atoms with E-state index in [9.17, 15) is 4.79 Å². The van der Waals surface area contributed by atoms with Crippen LogP contribution in [0, 0.1) is 0 Å². The van der Waals surface area contributed by atoms with Crippen LogP contribution in [0.25, 0.3) is 28.8 Å². The topological polar surface area (TPSA) is 35.1 Å². The summed E-state index contributed by atoms with van der Waals surface area (Å²) in [4.78, 5) is 12.1. The van der Waals surface area contributed by atoms with Gasteiger partial charge in [-0.1, -0.05) is 67.2 Å². The molecule has 0 atom stereocenters. The molecule has 3 heteroatoms. The number of aromatic nitrogens is 1. The highest BCUT2D eigenvalue weighted by Gasteiger charge is 2.18. The van der Waals surface area contributed by atoms with Gasteiger partial charge in [0, 0.05) is 11.1 Å². The lowest BCUT2D eigenvalue weighted by atomic mass is 10.1. The molecule has 0 fully saturated rings.